The maximum absolute atomic E-state index is 13.0. The Labute approximate surface area is 147 Å². The zero-order valence-electron chi connectivity index (χ0n) is 14.2. The van der Waals surface area contributed by atoms with E-state index in [0.717, 1.165) is 21.6 Å². The quantitative estimate of drug-likeness (QED) is 0.397. The van der Waals surface area contributed by atoms with Gasteiger partial charge in [0.05, 0.1) is 25.5 Å². The van der Waals surface area contributed by atoms with Gasteiger partial charge in [-0.25, -0.2) is 4.98 Å². The summed E-state index contributed by atoms with van der Waals surface area (Å²) in [5.41, 5.74) is 1.79. The summed E-state index contributed by atoms with van der Waals surface area (Å²) in [5, 5.41) is 2.49. The number of nitrogens with zero attached hydrogens (tertiary/aromatic N) is 3. The maximum Gasteiger partial charge on any atom is 0.262 e. The van der Waals surface area contributed by atoms with E-state index >= 15 is 0 Å². The van der Waals surface area contributed by atoms with Crippen LogP contribution in [0.5, 0.6) is 0 Å². The van der Waals surface area contributed by atoms with Crippen molar-refractivity contribution in [1.29, 1.82) is 0 Å². The molecule has 3 rings (SSSR count). The Balaban J connectivity index is 2.09. The van der Waals surface area contributed by atoms with E-state index in [1.807, 2.05) is 36.4 Å². The lowest BCUT2D eigenvalue weighted by Crippen LogP contribution is -2.27. The zero-order chi connectivity index (χ0) is 17.2. The van der Waals surface area contributed by atoms with Crippen LogP contribution in [-0.2, 0) is 6.54 Å². The van der Waals surface area contributed by atoms with Crippen molar-refractivity contribution in [1.82, 2.24) is 14.5 Å². The minimum absolute atomic E-state index is 0.0162. The monoisotopic (exact) mass is 355 g/mol. The highest BCUT2D eigenvalue weighted by atomic mass is 32.2. The summed E-state index contributed by atoms with van der Waals surface area (Å²) in [5.74, 6) is 0. The van der Waals surface area contributed by atoms with Crippen LogP contribution in [0.3, 0.4) is 0 Å². The van der Waals surface area contributed by atoms with Crippen LogP contribution in [0, 0.1) is 0 Å². The van der Waals surface area contributed by atoms with Crippen molar-refractivity contribution in [3.05, 3.63) is 64.7 Å². The summed E-state index contributed by atoms with van der Waals surface area (Å²) < 4.78 is 1.78. The molecule has 0 amide bonds. The minimum Gasteiger partial charge on any atom is -0.283 e. The summed E-state index contributed by atoms with van der Waals surface area (Å²) in [6.07, 6.45) is 3.54. The number of pyridine rings is 1. The van der Waals surface area contributed by atoms with Gasteiger partial charge in [-0.1, -0.05) is 49.6 Å². The molecule has 0 aliphatic rings. The molecule has 0 saturated heterocycles. The molecule has 124 valence electrons. The highest BCUT2D eigenvalue weighted by Gasteiger charge is 2.17. The van der Waals surface area contributed by atoms with Crippen molar-refractivity contribution in [3.8, 4) is 0 Å². The Morgan fingerprint density at radius 2 is 1.92 bits per heavy atom. The van der Waals surface area contributed by atoms with Crippen molar-refractivity contribution in [2.75, 3.05) is 5.38 Å². The third kappa shape index (κ3) is 3.94. The van der Waals surface area contributed by atoms with Gasteiger partial charge in [-0.15, -0.1) is 0 Å². The van der Waals surface area contributed by atoms with Crippen LogP contribution in [0.2, 0.25) is 19.6 Å². The lowest BCUT2D eigenvalue weighted by Gasteiger charge is -2.17. The summed E-state index contributed by atoms with van der Waals surface area (Å²) in [6.45, 7) is 7.47. The molecule has 0 spiro atoms. The van der Waals surface area contributed by atoms with Crippen molar-refractivity contribution in [2.24, 2.45) is 0 Å². The second-order valence-corrected chi connectivity index (χ2v) is 13.9. The normalized spacial score (nSPS) is 11.8. The summed E-state index contributed by atoms with van der Waals surface area (Å²) in [6, 6.07) is 11.4. The lowest BCUT2D eigenvalue weighted by molar-refractivity contribution is 0.657. The van der Waals surface area contributed by atoms with E-state index in [2.05, 4.69) is 24.6 Å². The van der Waals surface area contributed by atoms with Gasteiger partial charge in [0, 0.05) is 12.4 Å². The van der Waals surface area contributed by atoms with E-state index in [1.165, 1.54) is 0 Å². The molecular formula is C18H21N3OSSi. The molecule has 0 radical (unpaired) electrons. The summed E-state index contributed by atoms with van der Waals surface area (Å²) in [4.78, 5) is 21.9. The van der Waals surface area contributed by atoms with Crippen LogP contribution in [-0.4, -0.2) is 28.0 Å². The fourth-order valence-electron chi connectivity index (χ4n) is 2.35. The van der Waals surface area contributed by atoms with Gasteiger partial charge in [0.2, 0.25) is 0 Å². The number of benzene rings is 1. The standard InChI is InChI=1S/C18H21N3OSSi/c1-24(2,3)13-23-18-20-16-9-5-4-8-15(16)17(22)21(18)12-14-7-6-10-19-11-14/h4-11H,12-13H2,1-3H3. The van der Waals surface area contributed by atoms with Gasteiger partial charge in [0.15, 0.2) is 5.16 Å². The predicted octanol–water partition coefficient (Wildman–Crippen LogP) is 3.81. The predicted molar refractivity (Wildman–Crippen MR) is 103 cm³/mol. The number of aromatic nitrogens is 3. The number of hydrogen-bond donors (Lipinski definition) is 0. The zero-order valence-corrected chi connectivity index (χ0v) is 16.0. The molecule has 24 heavy (non-hydrogen) atoms. The molecule has 1 aromatic carbocycles. The fraction of sp³-hybridized carbons (Fsp3) is 0.278. The average molecular weight is 356 g/mol. The Morgan fingerprint density at radius 3 is 2.62 bits per heavy atom. The topological polar surface area (TPSA) is 47.8 Å². The number of hydrogen-bond acceptors (Lipinski definition) is 4. The molecule has 2 heterocycles. The van der Waals surface area contributed by atoms with E-state index in [4.69, 9.17) is 4.98 Å². The molecule has 0 unspecified atom stereocenters. The molecule has 6 heteroatoms. The fourth-order valence-corrected chi connectivity index (χ4v) is 5.07. The van der Waals surface area contributed by atoms with Gasteiger partial charge in [-0.3, -0.25) is 14.3 Å². The first kappa shape index (κ1) is 16.9. The number of thioether (sulfide) groups is 1. The highest BCUT2D eigenvalue weighted by Crippen LogP contribution is 2.22. The average Bonchev–Trinajstić information content (AvgIpc) is 2.56. The van der Waals surface area contributed by atoms with Gasteiger partial charge >= 0.3 is 0 Å². The minimum atomic E-state index is -1.24. The molecule has 0 aliphatic carbocycles. The third-order valence-corrected chi connectivity index (χ3v) is 8.14. The Morgan fingerprint density at radius 1 is 1.12 bits per heavy atom. The lowest BCUT2D eigenvalue weighted by atomic mass is 10.2. The molecule has 0 N–H and O–H groups in total. The van der Waals surface area contributed by atoms with Crippen molar-refractivity contribution in [3.63, 3.8) is 0 Å². The van der Waals surface area contributed by atoms with E-state index in [1.54, 1.807) is 28.7 Å². The summed E-state index contributed by atoms with van der Waals surface area (Å²) >= 11 is 1.70. The molecule has 0 fully saturated rings. The number of rotatable bonds is 5. The molecule has 4 nitrogen and oxygen atoms in total. The summed E-state index contributed by atoms with van der Waals surface area (Å²) in [7, 11) is -1.24. The van der Waals surface area contributed by atoms with E-state index < -0.39 is 8.07 Å². The Hall–Kier alpha value is -1.92. The Kier molecular flexibility index (Phi) is 4.87. The van der Waals surface area contributed by atoms with Crippen molar-refractivity contribution >= 4 is 30.7 Å². The molecule has 0 atom stereocenters. The van der Waals surface area contributed by atoms with Crippen LogP contribution < -0.4 is 5.56 Å². The van der Waals surface area contributed by atoms with Crippen LogP contribution >= 0.6 is 11.8 Å². The van der Waals surface area contributed by atoms with Gasteiger partial charge in [-0.05, 0) is 29.1 Å². The Bertz CT molecular complexity index is 904. The van der Waals surface area contributed by atoms with Crippen LogP contribution in [0.25, 0.3) is 10.9 Å². The smallest absolute Gasteiger partial charge is 0.262 e. The molecule has 3 aromatic rings. The number of fused-ring (bicyclic) bond motifs is 1. The van der Waals surface area contributed by atoms with Gasteiger partial charge < -0.3 is 0 Å². The third-order valence-electron chi connectivity index (χ3n) is 3.52. The van der Waals surface area contributed by atoms with Gasteiger partial charge in [0.1, 0.15) is 0 Å². The molecule has 0 bridgehead atoms. The van der Waals surface area contributed by atoms with Gasteiger partial charge in [-0.2, -0.15) is 0 Å². The van der Waals surface area contributed by atoms with E-state index in [9.17, 15) is 4.79 Å². The molecular weight excluding hydrogens is 334 g/mol. The molecule has 2 aromatic heterocycles. The molecule has 0 saturated carbocycles. The second kappa shape index (κ2) is 6.90. The second-order valence-electron chi connectivity index (χ2n) is 7.01. The number of para-hydroxylation sites is 1. The first-order valence-electron chi connectivity index (χ1n) is 7.95. The van der Waals surface area contributed by atoms with Crippen LogP contribution in [0.1, 0.15) is 5.56 Å². The highest BCUT2D eigenvalue weighted by molar-refractivity contribution is 8.00. The van der Waals surface area contributed by atoms with Crippen molar-refractivity contribution in [2.45, 2.75) is 31.3 Å². The largest absolute Gasteiger partial charge is 0.283 e. The van der Waals surface area contributed by atoms with E-state index in [0.29, 0.717) is 11.9 Å². The SMILES string of the molecule is C[Si](C)(C)CSc1nc2ccccc2c(=O)n1Cc1cccnc1. The first-order valence-corrected chi connectivity index (χ1v) is 12.6. The van der Waals surface area contributed by atoms with Gasteiger partial charge in [0.25, 0.3) is 5.56 Å². The van der Waals surface area contributed by atoms with Crippen LogP contribution in [0.4, 0.5) is 0 Å². The molecule has 0 aliphatic heterocycles. The maximum atomic E-state index is 13.0. The first-order chi connectivity index (χ1) is 11.4. The van der Waals surface area contributed by atoms with E-state index in [-0.39, 0.29) is 5.56 Å². The van der Waals surface area contributed by atoms with Crippen LogP contribution in [0.15, 0.2) is 58.7 Å². The van der Waals surface area contributed by atoms with Crippen molar-refractivity contribution < 1.29 is 0 Å².